The lowest BCUT2D eigenvalue weighted by Gasteiger charge is -2.07. The Bertz CT molecular complexity index is 584. The van der Waals surface area contributed by atoms with Crippen LogP contribution in [0.25, 0.3) is 10.8 Å². The van der Waals surface area contributed by atoms with Crippen LogP contribution >= 0.6 is 0 Å². The predicted octanol–water partition coefficient (Wildman–Crippen LogP) is 1.75. The molecule has 1 aliphatic carbocycles. The van der Waals surface area contributed by atoms with Gasteiger partial charge in [-0.25, -0.2) is 0 Å². The molecular formula is C14H16N2O. The number of nitrogens with one attached hydrogen (secondary N) is 1. The molecular weight excluding hydrogens is 212 g/mol. The van der Waals surface area contributed by atoms with Gasteiger partial charge in [-0.2, -0.15) is 0 Å². The highest BCUT2D eigenvalue weighted by Crippen LogP contribution is 2.18. The number of nitrogens with zero attached hydrogens (tertiary/aromatic N) is 1. The van der Waals surface area contributed by atoms with Crippen molar-refractivity contribution in [3.63, 3.8) is 0 Å². The molecule has 17 heavy (non-hydrogen) atoms. The smallest absolute Gasteiger partial charge is 0.258 e. The number of fused-ring (bicyclic) bond motifs is 1. The van der Waals surface area contributed by atoms with E-state index >= 15 is 0 Å². The molecule has 0 unspecified atom stereocenters. The molecule has 2 aromatic rings. The molecule has 0 bridgehead atoms. The van der Waals surface area contributed by atoms with Gasteiger partial charge in [0, 0.05) is 30.7 Å². The Labute approximate surface area is 100 Å². The summed E-state index contributed by atoms with van der Waals surface area (Å²) < 4.78 is 1.79. The monoisotopic (exact) mass is 228 g/mol. The maximum absolute atomic E-state index is 12.2. The Hall–Kier alpha value is -1.61. The highest BCUT2D eigenvalue weighted by molar-refractivity contribution is 5.81. The van der Waals surface area contributed by atoms with Gasteiger partial charge in [0.05, 0.1) is 0 Å². The summed E-state index contributed by atoms with van der Waals surface area (Å²) in [6.07, 6.45) is 4.46. The Kier molecular flexibility index (Phi) is 2.69. The molecule has 3 nitrogen and oxygen atoms in total. The number of rotatable bonds is 4. The van der Waals surface area contributed by atoms with Gasteiger partial charge in [0.1, 0.15) is 0 Å². The average molecular weight is 228 g/mol. The van der Waals surface area contributed by atoms with Gasteiger partial charge in [-0.05, 0) is 30.4 Å². The fraction of sp³-hybridized carbons (Fsp3) is 0.357. The van der Waals surface area contributed by atoms with Crippen LogP contribution in [0.15, 0.2) is 41.3 Å². The highest BCUT2D eigenvalue weighted by atomic mass is 16.1. The zero-order chi connectivity index (χ0) is 11.7. The van der Waals surface area contributed by atoms with Crippen molar-refractivity contribution in [1.29, 1.82) is 0 Å². The van der Waals surface area contributed by atoms with Gasteiger partial charge in [-0.15, -0.1) is 0 Å². The summed E-state index contributed by atoms with van der Waals surface area (Å²) >= 11 is 0. The van der Waals surface area contributed by atoms with Crippen LogP contribution in [-0.2, 0) is 6.54 Å². The van der Waals surface area contributed by atoms with E-state index in [0.29, 0.717) is 6.04 Å². The van der Waals surface area contributed by atoms with Gasteiger partial charge in [0.2, 0.25) is 0 Å². The Morgan fingerprint density at radius 2 is 2.06 bits per heavy atom. The number of hydrogen-bond acceptors (Lipinski definition) is 2. The van der Waals surface area contributed by atoms with Crippen LogP contribution in [0.1, 0.15) is 12.8 Å². The van der Waals surface area contributed by atoms with Crippen LogP contribution in [0.3, 0.4) is 0 Å². The predicted molar refractivity (Wildman–Crippen MR) is 69.2 cm³/mol. The fourth-order valence-corrected chi connectivity index (χ4v) is 2.08. The Morgan fingerprint density at radius 3 is 2.88 bits per heavy atom. The first-order valence-corrected chi connectivity index (χ1v) is 6.16. The van der Waals surface area contributed by atoms with E-state index < -0.39 is 0 Å². The summed E-state index contributed by atoms with van der Waals surface area (Å²) in [6, 6.07) is 10.4. The van der Waals surface area contributed by atoms with Crippen molar-refractivity contribution >= 4 is 10.8 Å². The van der Waals surface area contributed by atoms with E-state index in [9.17, 15) is 4.79 Å². The van der Waals surface area contributed by atoms with Crippen LogP contribution < -0.4 is 10.9 Å². The van der Waals surface area contributed by atoms with Crippen molar-refractivity contribution in [3.05, 3.63) is 46.9 Å². The van der Waals surface area contributed by atoms with E-state index in [1.54, 1.807) is 4.57 Å². The molecule has 88 valence electrons. The lowest BCUT2D eigenvalue weighted by molar-refractivity contribution is 0.585. The topological polar surface area (TPSA) is 34.0 Å². The van der Waals surface area contributed by atoms with Crippen LogP contribution in [0.2, 0.25) is 0 Å². The van der Waals surface area contributed by atoms with E-state index in [1.807, 2.05) is 36.5 Å². The largest absolute Gasteiger partial charge is 0.314 e. The molecule has 0 radical (unpaired) electrons. The number of benzene rings is 1. The summed E-state index contributed by atoms with van der Waals surface area (Å²) in [5.74, 6) is 0. The van der Waals surface area contributed by atoms with Crippen LogP contribution in [0.5, 0.6) is 0 Å². The van der Waals surface area contributed by atoms with Crippen molar-refractivity contribution in [2.75, 3.05) is 6.54 Å². The first kappa shape index (κ1) is 10.5. The molecule has 1 heterocycles. The second-order valence-corrected chi connectivity index (χ2v) is 4.63. The summed E-state index contributed by atoms with van der Waals surface area (Å²) in [6.45, 7) is 1.63. The number of aromatic nitrogens is 1. The SMILES string of the molecule is O=c1c2ccccc2ccn1CCNC1CC1. The Balaban J connectivity index is 1.83. The first-order valence-electron chi connectivity index (χ1n) is 6.16. The maximum atomic E-state index is 12.2. The van der Waals surface area contributed by atoms with E-state index in [0.717, 1.165) is 23.9 Å². The molecule has 1 N–H and O–H groups in total. The number of hydrogen-bond donors (Lipinski definition) is 1. The molecule has 3 heteroatoms. The van der Waals surface area contributed by atoms with Gasteiger partial charge < -0.3 is 9.88 Å². The third kappa shape index (κ3) is 2.24. The molecule has 1 fully saturated rings. The quantitative estimate of drug-likeness (QED) is 0.865. The van der Waals surface area contributed by atoms with Crippen molar-refractivity contribution in [1.82, 2.24) is 9.88 Å². The van der Waals surface area contributed by atoms with Crippen molar-refractivity contribution in [2.45, 2.75) is 25.4 Å². The molecule has 1 aliphatic rings. The van der Waals surface area contributed by atoms with Gasteiger partial charge in [0.15, 0.2) is 0 Å². The van der Waals surface area contributed by atoms with Crippen LogP contribution in [0, 0.1) is 0 Å². The van der Waals surface area contributed by atoms with Crippen molar-refractivity contribution in [2.24, 2.45) is 0 Å². The molecule has 1 aromatic carbocycles. The van der Waals surface area contributed by atoms with E-state index in [-0.39, 0.29) is 5.56 Å². The normalized spacial score (nSPS) is 15.3. The van der Waals surface area contributed by atoms with Gasteiger partial charge in [-0.3, -0.25) is 4.79 Å². The highest BCUT2D eigenvalue weighted by Gasteiger charge is 2.19. The van der Waals surface area contributed by atoms with Gasteiger partial charge >= 0.3 is 0 Å². The molecule has 1 saturated carbocycles. The van der Waals surface area contributed by atoms with Crippen molar-refractivity contribution < 1.29 is 0 Å². The lowest BCUT2D eigenvalue weighted by atomic mass is 10.2. The van der Waals surface area contributed by atoms with Crippen LogP contribution in [-0.4, -0.2) is 17.2 Å². The zero-order valence-corrected chi connectivity index (χ0v) is 9.73. The standard InChI is InChI=1S/C14H16N2O/c17-14-13-4-2-1-3-11(13)7-9-16(14)10-8-15-12-5-6-12/h1-4,7,9,12,15H,5-6,8,10H2. The minimum absolute atomic E-state index is 0.112. The second-order valence-electron chi connectivity index (χ2n) is 4.63. The summed E-state index contributed by atoms with van der Waals surface area (Å²) in [7, 11) is 0. The molecule has 0 amide bonds. The van der Waals surface area contributed by atoms with Crippen molar-refractivity contribution in [3.8, 4) is 0 Å². The van der Waals surface area contributed by atoms with E-state index in [2.05, 4.69) is 5.32 Å². The second kappa shape index (κ2) is 4.34. The van der Waals surface area contributed by atoms with Gasteiger partial charge in [-0.1, -0.05) is 18.2 Å². The summed E-state index contributed by atoms with van der Waals surface area (Å²) in [5.41, 5.74) is 0.112. The Morgan fingerprint density at radius 1 is 1.24 bits per heavy atom. The maximum Gasteiger partial charge on any atom is 0.258 e. The van der Waals surface area contributed by atoms with E-state index in [1.165, 1.54) is 12.8 Å². The zero-order valence-electron chi connectivity index (χ0n) is 9.73. The molecule has 0 atom stereocenters. The molecule has 0 aliphatic heterocycles. The molecule has 1 aromatic heterocycles. The van der Waals surface area contributed by atoms with Gasteiger partial charge in [0.25, 0.3) is 5.56 Å². The molecule has 0 saturated heterocycles. The summed E-state index contributed by atoms with van der Waals surface area (Å²) in [4.78, 5) is 12.2. The first-order chi connectivity index (χ1) is 8.34. The lowest BCUT2D eigenvalue weighted by Crippen LogP contribution is -2.27. The minimum Gasteiger partial charge on any atom is -0.314 e. The third-order valence-corrected chi connectivity index (χ3v) is 3.25. The van der Waals surface area contributed by atoms with E-state index in [4.69, 9.17) is 0 Å². The third-order valence-electron chi connectivity index (χ3n) is 3.25. The average Bonchev–Trinajstić information content (AvgIpc) is 3.17. The molecule has 0 spiro atoms. The minimum atomic E-state index is 0.112. The molecule has 3 rings (SSSR count). The fourth-order valence-electron chi connectivity index (χ4n) is 2.08. The van der Waals surface area contributed by atoms with Crippen LogP contribution in [0.4, 0.5) is 0 Å². The summed E-state index contributed by atoms with van der Waals surface area (Å²) in [5, 5.41) is 5.25. The number of pyridine rings is 1.